The highest BCUT2D eigenvalue weighted by Gasteiger charge is 2.37. The van der Waals surface area contributed by atoms with Gasteiger partial charge in [0.05, 0.1) is 6.61 Å². The van der Waals surface area contributed by atoms with Crippen molar-refractivity contribution in [2.45, 2.75) is 64.3 Å². The smallest absolute Gasteiger partial charge is 0.248 e. The van der Waals surface area contributed by atoms with Crippen LogP contribution in [0.2, 0.25) is 0 Å². The predicted molar refractivity (Wildman–Crippen MR) is 105 cm³/mol. The summed E-state index contributed by atoms with van der Waals surface area (Å²) in [4.78, 5) is 15.2. The third-order valence-electron chi connectivity index (χ3n) is 5.57. The van der Waals surface area contributed by atoms with Gasteiger partial charge in [0.2, 0.25) is 15.9 Å². The highest BCUT2D eigenvalue weighted by molar-refractivity contribution is 7.89. The topological polar surface area (TPSA) is 93.0 Å². The summed E-state index contributed by atoms with van der Waals surface area (Å²) < 4.78 is 37.6. The van der Waals surface area contributed by atoms with Gasteiger partial charge >= 0.3 is 0 Å². The number of rotatable bonds is 9. The molecule has 0 aromatic carbocycles. The van der Waals surface area contributed by atoms with E-state index < -0.39 is 10.0 Å². The van der Waals surface area contributed by atoms with Gasteiger partial charge in [-0.2, -0.15) is 4.31 Å². The van der Waals surface area contributed by atoms with Crippen molar-refractivity contribution in [3.05, 3.63) is 11.5 Å². The van der Waals surface area contributed by atoms with E-state index in [1.807, 2.05) is 4.90 Å². The van der Waals surface area contributed by atoms with Crippen LogP contribution in [-0.2, 0) is 19.6 Å². The molecule has 2 rings (SSSR count). The Labute approximate surface area is 168 Å². The summed E-state index contributed by atoms with van der Waals surface area (Å²) in [6, 6.07) is 0.187. The number of aromatic nitrogens is 1. The molecule has 0 atom stereocenters. The molecule has 0 radical (unpaired) electrons. The van der Waals surface area contributed by atoms with Crippen molar-refractivity contribution in [2.75, 3.05) is 33.4 Å². The molecule has 0 N–H and O–H groups in total. The van der Waals surface area contributed by atoms with Gasteiger partial charge in [-0.3, -0.25) is 4.79 Å². The number of amides is 1. The van der Waals surface area contributed by atoms with E-state index in [4.69, 9.17) is 9.26 Å². The zero-order valence-electron chi connectivity index (χ0n) is 17.6. The van der Waals surface area contributed by atoms with Gasteiger partial charge in [0.1, 0.15) is 10.6 Å². The first kappa shape index (κ1) is 22.8. The average Bonchev–Trinajstić information content (AvgIpc) is 3.03. The normalized spacial score (nSPS) is 16.6. The highest BCUT2D eigenvalue weighted by atomic mass is 32.2. The van der Waals surface area contributed by atoms with Gasteiger partial charge in [-0.15, -0.1) is 0 Å². The Bertz CT molecular complexity index is 730. The Morgan fingerprint density at radius 2 is 1.89 bits per heavy atom. The molecule has 9 heteroatoms. The minimum atomic E-state index is -3.66. The van der Waals surface area contributed by atoms with Crippen LogP contribution in [0.5, 0.6) is 0 Å². The highest BCUT2D eigenvalue weighted by Crippen LogP contribution is 2.29. The molecule has 1 aromatic rings. The summed E-state index contributed by atoms with van der Waals surface area (Å²) in [6.45, 7) is 9.12. The van der Waals surface area contributed by atoms with Crippen molar-refractivity contribution in [1.29, 1.82) is 0 Å². The van der Waals surface area contributed by atoms with Gasteiger partial charge in [-0.1, -0.05) is 19.0 Å². The zero-order valence-corrected chi connectivity index (χ0v) is 18.4. The quantitative estimate of drug-likeness (QED) is 0.615. The van der Waals surface area contributed by atoms with E-state index in [-0.39, 0.29) is 22.8 Å². The largest absolute Gasteiger partial charge is 0.383 e. The number of hydrogen-bond acceptors (Lipinski definition) is 6. The Kier molecular flexibility index (Phi) is 8.03. The number of methoxy groups -OCH3 is 1. The molecular weight excluding hydrogens is 382 g/mol. The van der Waals surface area contributed by atoms with Crippen LogP contribution in [-0.4, -0.2) is 68.1 Å². The van der Waals surface area contributed by atoms with E-state index in [1.54, 1.807) is 21.0 Å². The average molecular weight is 416 g/mol. The molecule has 0 saturated carbocycles. The molecule has 0 unspecified atom stereocenters. The number of piperidine rings is 1. The van der Waals surface area contributed by atoms with E-state index in [0.717, 1.165) is 12.8 Å². The Hall–Kier alpha value is -1.45. The van der Waals surface area contributed by atoms with Crippen molar-refractivity contribution in [3.63, 3.8) is 0 Å². The summed E-state index contributed by atoms with van der Waals surface area (Å²) in [7, 11) is -2.02. The van der Waals surface area contributed by atoms with E-state index in [2.05, 4.69) is 19.0 Å². The second-order valence-electron chi connectivity index (χ2n) is 7.33. The molecule has 2 heterocycles. The molecule has 1 aliphatic rings. The van der Waals surface area contributed by atoms with Gasteiger partial charge in [0.25, 0.3) is 0 Å². The summed E-state index contributed by atoms with van der Waals surface area (Å²) >= 11 is 0. The minimum Gasteiger partial charge on any atom is -0.383 e. The first-order valence-electron chi connectivity index (χ1n) is 10.00. The molecule has 160 valence electrons. The number of carbonyl (C=O) groups is 1. The lowest BCUT2D eigenvalue weighted by Crippen LogP contribution is -2.48. The molecule has 8 nitrogen and oxygen atoms in total. The second kappa shape index (κ2) is 9.84. The fourth-order valence-electron chi connectivity index (χ4n) is 3.94. The van der Waals surface area contributed by atoms with Crippen molar-refractivity contribution in [2.24, 2.45) is 5.92 Å². The maximum Gasteiger partial charge on any atom is 0.248 e. The maximum absolute atomic E-state index is 13.1. The van der Waals surface area contributed by atoms with E-state index in [1.165, 1.54) is 4.31 Å². The van der Waals surface area contributed by atoms with Crippen molar-refractivity contribution in [1.82, 2.24) is 14.4 Å². The Balaban J connectivity index is 2.08. The van der Waals surface area contributed by atoms with Crippen LogP contribution in [0.25, 0.3) is 0 Å². The van der Waals surface area contributed by atoms with Gasteiger partial charge in [0.15, 0.2) is 5.76 Å². The van der Waals surface area contributed by atoms with Gasteiger partial charge in [0, 0.05) is 38.7 Å². The van der Waals surface area contributed by atoms with Gasteiger partial charge < -0.3 is 14.2 Å². The first-order chi connectivity index (χ1) is 13.3. The van der Waals surface area contributed by atoms with Crippen LogP contribution >= 0.6 is 0 Å². The number of aryl methyl sites for hydroxylation is 2. The van der Waals surface area contributed by atoms with Crippen LogP contribution in [0.15, 0.2) is 9.42 Å². The number of sulfonamides is 1. The van der Waals surface area contributed by atoms with Crippen LogP contribution in [0, 0.1) is 19.8 Å². The molecule has 0 aliphatic carbocycles. The molecule has 1 fully saturated rings. The fraction of sp³-hybridized carbons (Fsp3) is 0.789. The summed E-state index contributed by atoms with van der Waals surface area (Å²) in [5.41, 5.74) is 0.371. The molecule has 1 saturated heterocycles. The number of hydrogen-bond donors (Lipinski definition) is 0. The monoisotopic (exact) mass is 415 g/mol. The summed E-state index contributed by atoms with van der Waals surface area (Å²) in [6.07, 6.45) is 2.83. The number of ether oxygens (including phenoxy) is 1. The third-order valence-corrected chi connectivity index (χ3v) is 7.72. The fourth-order valence-corrected chi connectivity index (χ4v) is 5.70. The summed E-state index contributed by atoms with van der Waals surface area (Å²) in [5.74, 6) is 0.254. The Morgan fingerprint density at radius 1 is 1.29 bits per heavy atom. The molecule has 0 spiro atoms. The van der Waals surface area contributed by atoms with Gasteiger partial charge in [-0.05, 0) is 39.5 Å². The standard InChI is InChI=1S/C19H33N3O5S/c1-6-17(7-2)22(12-13-26-5)19(23)16-8-10-21(11-9-16)28(24,25)18-14(3)20-27-15(18)4/h16-17H,6-13H2,1-5H3. The second-order valence-corrected chi connectivity index (χ2v) is 9.20. The predicted octanol–water partition coefficient (Wildman–Crippen LogP) is 2.36. The lowest BCUT2D eigenvalue weighted by molar-refractivity contribution is -0.140. The van der Waals surface area contributed by atoms with Crippen LogP contribution in [0.3, 0.4) is 0 Å². The lowest BCUT2D eigenvalue weighted by Gasteiger charge is -2.36. The summed E-state index contributed by atoms with van der Waals surface area (Å²) in [5, 5.41) is 3.76. The van der Waals surface area contributed by atoms with E-state index in [0.29, 0.717) is 50.5 Å². The zero-order chi connectivity index (χ0) is 20.9. The molecular formula is C19H33N3O5S. The number of nitrogens with zero attached hydrogens (tertiary/aromatic N) is 3. The molecule has 1 aromatic heterocycles. The van der Waals surface area contributed by atoms with E-state index >= 15 is 0 Å². The SMILES string of the molecule is CCC(CC)N(CCOC)C(=O)C1CCN(S(=O)(=O)c2c(C)noc2C)CC1. The third kappa shape index (κ3) is 4.75. The van der Waals surface area contributed by atoms with Crippen LogP contribution in [0.4, 0.5) is 0 Å². The van der Waals surface area contributed by atoms with Crippen molar-refractivity contribution < 1.29 is 22.5 Å². The van der Waals surface area contributed by atoms with E-state index in [9.17, 15) is 13.2 Å². The minimum absolute atomic E-state index is 0.111. The molecule has 28 heavy (non-hydrogen) atoms. The lowest BCUT2D eigenvalue weighted by atomic mass is 9.95. The van der Waals surface area contributed by atoms with Gasteiger partial charge in [-0.25, -0.2) is 8.42 Å². The Morgan fingerprint density at radius 3 is 2.36 bits per heavy atom. The number of carbonyl (C=O) groups excluding carboxylic acids is 1. The maximum atomic E-state index is 13.1. The first-order valence-corrected chi connectivity index (χ1v) is 11.4. The van der Waals surface area contributed by atoms with Crippen LogP contribution in [0.1, 0.15) is 51.0 Å². The molecule has 1 aliphatic heterocycles. The van der Waals surface area contributed by atoms with Crippen molar-refractivity contribution >= 4 is 15.9 Å². The molecule has 1 amide bonds. The molecule has 0 bridgehead atoms. The van der Waals surface area contributed by atoms with Crippen LogP contribution < -0.4 is 0 Å². The van der Waals surface area contributed by atoms with Crippen molar-refractivity contribution in [3.8, 4) is 0 Å².